The zero-order valence-electron chi connectivity index (χ0n) is 14.3. The Morgan fingerprint density at radius 2 is 1.18 bits per heavy atom. The Hall–Kier alpha value is -1.26. The molecule has 2 atom stereocenters. The summed E-state index contributed by atoms with van der Waals surface area (Å²) in [5, 5.41) is 0. The minimum atomic E-state index is 1.12. The maximum atomic E-state index is 4.55. The van der Waals surface area contributed by atoms with Crippen LogP contribution in [0.15, 0.2) is 34.8 Å². The number of aliphatic imine (C=N–C) groups is 2. The van der Waals surface area contributed by atoms with Crippen LogP contribution in [-0.4, -0.2) is 24.8 Å². The number of hydrogen-bond acceptors (Lipinski definition) is 2. The average Bonchev–Trinajstić information content (AvgIpc) is 3.16. The van der Waals surface area contributed by atoms with Crippen LogP contribution in [0.3, 0.4) is 0 Å². The van der Waals surface area contributed by atoms with E-state index in [4.69, 9.17) is 0 Å². The molecule has 4 heteroatoms. The molecule has 0 saturated heterocycles. The van der Waals surface area contributed by atoms with Gasteiger partial charge in [-0.3, -0.25) is 9.80 Å². The molecule has 0 aliphatic carbocycles. The van der Waals surface area contributed by atoms with E-state index in [0.717, 1.165) is 12.8 Å². The summed E-state index contributed by atoms with van der Waals surface area (Å²) in [7, 11) is 0. The Morgan fingerprint density at radius 3 is 1.59 bits per heavy atom. The summed E-state index contributed by atoms with van der Waals surface area (Å²) in [6.45, 7) is 6.88. The molecule has 2 unspecified atom stereocenters. The Morgan fingerprint density at radius 1 is 0.727 bits per heavy atom. The van der Waals surface area contributed by atoms with Crippen LogP contribution >= 0.6 is 0 Å². The first kappa shape index (κ1) is 17.1. The number of nitrogens with zero attached hydrogens (tertiary/aromatic N) is 2. The van der Waals surface area contributed by atoms with Crippen LogP contribution in [-0.2, 0) is 0 Å². The van der Waals surface area contributed by atoms with E-state index >= 15 is 0 Å². The molecular formula is C18H32N4+2. The van der Waals surface area contributed by atoms with E-state index in [1.807, 2.05) is 12.4 Å². The zero-order valence-corrected chi connectivity index (χ0v) is 14.3. The van der Waals surface area contributed by atoms with Crippen molar-refractivity contribution in [1.82, 2.24) is 0 Å². The van der Waals surface area contributed by atoms with Crippen LogP contribution in [0.25, 0.3) is 0 Å². The third kappa shape index (κ3) is 5.18. The average molecular weight is 304 g/mol. The molecule has 2 heterocycles. The van der Waals surface area contributed by atoms with Gasteiger partial charge < -0.3 is 0 Å². The molecule has 0 amide bonds. The minimum Gasteiger partial charge on any atom is -0.262 e. The third-order valence-corrected chi connectivity index (χ3v) is 4.43. The van der Waals surface area contributed by atoms with Crippen molar-refractivity contribution < 1.29 is 9.80 Å². The van der Waals surface area contributed by atoms with Crippen LogP contribution in [0.1, 0.15) is 65.2 Å². The van der Waals surface area contributed by atoms with Crippen molar-refractivity contribution in [3.05, 3.63) is 24.8 Å². The lowest BCUT2D eigenvalue weighted by molar-refractivity contribution is -0.746. The van der Waals surface area contributed by atoms with Gasteiger partial charge in [-0.2, -0.15) is 0 Å². The molecule has 0 fully saturated rings. The first-order valence-corrected chi connectivity index (χ1v) is 9.04. The summed E-state index contributed by atoms with van der Waals surface area (Å²) in [4.78, 5) is 12.0. The van der Waals surface area contributed by atoms with Gasteiger partial charge in [0.15, 0.2) is 0 Å². The Labute approximate surface area is 135 Å². The first-order chi connectivity index (χ1) is 10.8. The lowest BCUT2D eigenvalue weighted by Gasteiger charge is -2.13. The summed E-state index contributed by atoms with van der Waals surface area (Å²) >= 11 is 0. The zero-order chi connectivity index (χ0) is 15.6. The normalized spacial score (nSPS) is 23.2. The van der Waals surface area contributed by atoms with E-state index in [9.17, 15) is 0 Å². The monoisotopic (exact) mass is 304 g/mol. The molecule has 0 spiro atoms. The van der Waals surface area contributed by atoms with Crippen molar-refractivity contribution >= 4 is 11.7 Å². The van der Waals surface area contributed by atoms with Crippen LogP contribution < -0.4 is 9.80 Å². The van der Waals surface area contributed by atoms with Crippen molar-refractivity contribution in [2.75, 3.05) is 13.1 Å². The second kappa shape index (κ2) is 9.70. The molecule has 0 bridgehead atoms. The van der Waals surface area contributed by atoms with Gasteiger partial charge in [0.05, 0.1) is 25.5 Å². The number of quaternary nitrogens is 2. The molecule has 122 valence electrons. The van der Waals surface area contributed by atoms with Gasteiger partial charge in [0.2, 0.25) is 11.7 Å². The molecule has 0 aromatic carbocycles. The second-order valence-corrected chi connectivity index (χ2v) is 6.25. The van der Waals surface area contributed by atoms with Crippen molar-refractivity contribution in [2.45, 2.75) is 65.2 Å². The highest BCUT2D eigenvalue weighted by atomic mass is 15.2. The van der Waals surface area contributed by atoms with Gasteiger partial charge in [-0.05, 0) is 25.7 Å². The highest BCUT2D eigenvalue weighted by Crippen LogP contribution is 2.03. The van der Waals surface area contributed by atoms with Gasteiger partial charge in [0, 0.05) is 12.8 Å². The van der Waals surface area contributed by atoms with E-state index in [-0.39, 0.29) is 0 Å². The topological polar surface area (TPSA) is 33.6 Å². The lowest BCUT2D eigenvalue weighted by atomic mass is 10.1. The van der Waals surface area contributed by atoms with E-state index in [2.05, 4.69) is 36.2 Å². The molecule has 0 aromatic heterocycles. The van der Waals surface area contributed by atoms with Crippen molar-refractivity contribution in [1.29, 1.82) is 0 Å². The highest BCUT2D eigenvalue weighted by Gasteiger charge is 2.20. The van der Waals surface area contributed by atoms with Crippen molar-refractivity contribution in [3.8, 4) is 0 Å². The molecule has 4 nitrogen and oxygen atoms in total. The lowest BCUT2D eigenvalue weighted by Crippen LogP contribution is -3.09. The maximum absolute atomic E-state index is 4.55. The Kier molecular flexibility index (Phi) is 7.54. The molecule has 2 aliphatic rings. The number of rotatable bonds is 11. The van der Waals surface area contributed by atoms with Gasteiger partial charge in [-0.15, -0.1) is 0 Å². The fourth-order valence-corrected chi connectivity index (χ4v) is 3.02. The fourth-order valence-electron chi connectivity index (χ4n) is 3.02. The fraction of sp³-hybridized carbons (Fsp3) is 0.667. The van der Waals surface area contributed by atoms with E-state index < -0.39 is 0 Å². The molecule has 2 rings (SSSR count). The van der Waals surface area contributed by atoms with Crippen molar-refractivity contribution in [3.63, 3.8) is 0 Å². The third-order valence-electron chi connectivity index (χ3n) is 4.43. The second-order valence-electron chi connectivity index (χ2n) is 6.25. The van der Waals surface area contributed by atoms with Gasteiger partial charge in [0.25, 0.3) is 0 Å². The van der Waals surface area contributed by atoms with Crippen LogP contribution in [0.2, 0.25) is 0 Å². The summed E-state index contributed by atoms with van der Waals surface area (Å²) in [5.41, 5.74) is 0. The van der Waals surface area contributed by atoms with Gasteiger partial charge >= 0.3 is 0 Å². The maximum Gasteiger partial charge on any atom is 0.205 e. The number of unbranched alkanes of at least 4 members (excludes halogenated alkanes) is 3. The van der Waals surface area contributed by atoms with E-state index in [1.54, 1.807) is 0 Å². The smallest absolute Gasteiger partial charge is 0.205 e. The molecule has 0 radical (unpaired) electrons. The minimum absolute atomic E-state index is 1.12. The van der Waals surface area contributed by atoms with E-state index in [1.165, 1.54) is 73.1 Å². The van der Waals surface area contributed by atoms with Crippen LogP contribution in [0.4, 0.5) is 0 Å². The van der Waals surface area contributed by atoms with Crippen molar-refractivity contribution in [2.24, 2.45) is 9.98 Å². The summed E-state index contributed by atoms with van der Waals surface area (Å²) in [6, 6.07) is 0. The quantitative estimate of drug-likeness (QED) is 0.545. The Bertz CT molecular complexity index is 406. The predicted molar refractivity (Wildman–Crippen MR) is 93.1 cm³/mol. The number of nitrogens with one attached hydrogen (secondary N) is 2. The van der Waals surface area contributed by atoms with Gasteiger partial charge in [-0.25, -0.2) is 9.98 Å². The molecule has 2 N–H and O–H groups in total. The molecular weight excluding hydrogens is 272 g/mol. The van der Waals surface area contributed by atoms with Gasteiger partial charge in [0.1, 0.15) is 12.4 Å². The number of hydrogen-bond donors (Lipinski definition) is 2. The number of amidine groups is 2. The van der Waals surface area contributed by atoms with E-state index in [0.29, 0.717) is 0 Å². The standard InChI is InChI=1S/C18H30N4/c1-3-5-13-21-15-11-19-17(21)9-7-8-10-18-20-12-16-22(18)14-6-4-2/h11-12,15-16H,3-10,13-14H2,1-2H3/p+2. The molecule has 22 heavy (non-hydrogen) atoms. The summed E-state index contributed by atoms with van der Waals surface area (Å²) in [5.74, 6) is 2.66. The molecule has 2 aliphatic heterocycles. The van der Waals surface area contributed by atoms with Gasteiger partial charge in [-0.1, -0.05) is 26.7 Å². The summed E-state index contributed by atoms with van der Waals surface area (Å²) < 4.78 is 0. The van der Waals surface area contributed by atoms with Crippen LogP contribution in [0, 0.1) is 0 Å². The molecule has 0 aromatic rings. The summed E-state index contributed by atoms with van der Waals surface area (Å²) in [6.07, 6.45) is 18.1. The van der Waals surface area contributed by atoms with Crippen LogP contribution in [0.5, 0.6) is 0 Å². The first-order valence-electron chi connectivity index (χ1n) is 9.04. The SMILES string of the molecule is CCCC[NH+]1C=CN=C1CCCCC1=NC=C[NH+]1CCCC. The largest absolute Gasteiger partial charge is 0.262 e. The molecule has 0 saturated carbocycles. The Balaban J connectivity index is 1.63. The highest BCUT2D eigenvalue weighted by molar-refractivity contribution is 5.77. The predicted octanol–water partition coefficient (Wildman–Crippen LogP) is 1.68.